The summed E-state index contributed by atoms with van der Waals surface area (Å²) in [6, 6.07) is 0. The number of piperidine rings is 1. The van der Waals surface area contributed by atoms with Crippen molar-refractivity contribution in [3.63, 3.8) is 0 Å². The van der Waals surface area contributed by atoms with Gasteiger partial charge in [0.15, 0.2) is 5.13 Å². The van der Waals surface area contributed by atoms with E-state index in [9.17, 15) is 4.79 Å². The first-order valence-electron chi connectivity index (χ1n) is 8.24. The minimum atomic E-state index is -0.0498. The van der Waals surface area contributed by atoms with Crippen LogP contribution in [0.2, 0.25) is 0 Å². The molecule has 3 heterocycles. The predicted molar refractivity (Wildman–Crippen MR) is 88.3 cm³/mol. The monoisotopic (exact) mass is 323 g/mol. The third-order valence-corrected chi connectivity index (χ3v) is 5.70. The second-order valence-electron chi connectivity index (χ2n) is 6.56. The van der Waals surface area contributed by atoms with E-state index in [1.165, 1.54) is 4.88 Å². The van der Waals surface area contributed by atoms with Crippen LogP contribution in [0.4, 0.5) is 5.13 Å². The number of anilines is 1. The van der Waals surface area contributed by atoms with Crippen LogP contribution in [-0.2, 0) is 9.53 Å². The summed E-state index contributed by atoms with van der Waals surface area (Å²) >= 11 is 1.62. The molecule has 0 bridgehead atoms. The molecule has 0 saturated carbocycles. The van der Waals surface area contributed by atoms with Gasteiger partial charge in [-0.15, -0.1) is 11.3 Å². The average Bonchev–Trinajstić information content (AvgIpc) is 3.17. The highest BCUT2D eigenvalue weighted by molar-refractivity contribution is 7.15. The number of amides is 1. The van der Waals surface area contributed by atoms with Gasteiger partial charge in [-0.1, -0.05) is 13.8 Å². The Kier molecular flexibility index (Phi) is 5.10. The summed E-state index contributed by atoms with van der Waals surface area (Å²) in [4.78, 5) is 18.2. The van der Waals surface area contributed by atoms with Gasteiger partial charge >= 0.3 is 0 Å². The van der Waals surface area contributed by atoms with Crippen LogP contribution in [-0.4, -0.2) is 36.7 Å². The molecule has 0 spiro atoms. The Bertz CT molecular complexity index is 511. The van der Waals surface area contributed by atoms with Crippen molar-refractivity contribution in [2.75, 3.05) is 25.0 Å². The average molecular weight is 323 g/mol. The van der Waals surface area contributed by atoms with Crippen LogP contribution in [0.1, 0.15) is 43.9 Å². The lowest BCUT2D eigenvalue weighted by Crippen LogP contribution is -2.32. The topological polar surface area (TPSA) is 63.2 Å². The first-order valence-corrected chi connectivity index (χ1v) is 9.05. The largest absolute Gasteiger partial charge is 0.377 e. The van der Waals surface area contributed by atoms with Crippen LogP contribution >= 0.6 is 11.3 Å². The fourth-order valence-corrected chi connectivity index (χ4v) is 4.37. The summed E-state index contributed by atoms with van der Waals surface area (Å²) in [7, 11) is 0. The molecular formula is C16H25N3O2S. The summed E-state index contributed by atoms with van der Waals surface area (Å²) in [6.07, 6.45) is 5.08. The van der Waals surface area contributed by atoms with E-state index in [0.717, 1.165) is 37.5 Å². The molecule has 2 saturated heterocycles. The van der Waals surface area contributed by atoms with Gasteiger partial charge in [-0.05, 0) is 44.2 Å². The molecule has 22 heavy (non-hydrogen) atoms. The Balaban J connectivity index is 1.61. The van der Waals surface area contributed by atoms with Crippen molar-refractivity contribution < 1.29 is 9.53 Å². The van der Waals surface area contributed by atoms with Crippen molar-refractivity contribution in [2.45, 2.75) is 45.1 Å². The lowest BCUT2D eigenvalue weighted by atomic mass is 9.92. The number of carbonyl (C=O) groups is 1. The molecule has 3 rings (SSSR count). The molecule has 1 amide bonds. The fraction of sp³-hybridized carbons (Fsp3) is 0.750. The maximum absolute atomic E-state index is 12.5. The molecule has 2 aliphatic heterocycles. The number of hydrogen-bond acceptors (Lipinski definition) is 5. The number of aromatic nitrogens is 1. The first-order chi connectivity index (χ1) is 10.6. The van der Waals surface area contributed by atoms with Crippen molar-refractivity contribution >= 4 is 22.4 Å². The summed E-state index contributed by atoms with van der Waals surface area (Å²) in [5, 5.41) is 7.11. The van der Waals surface area contributed by atoms with Crippen molar-refractivity contribution in [1.29, 1.82) is 0 Å². The van der Waals surface area contributed by atoms with Gasteiger partial charge in [0.05, 0.1) is 12.0 Å². The highest BCUT2D eigenvalue weighted by Crippen LogP contribution is 2.33. The SMILES string of the molecule is CC(C)C1OCCC1C(=O)Nc1ncc(C2CCNCC2)s1. The second kappa shape index (κ2) is 7.06. The number of nitrogens with zero attached hydrogens (tertiary/aromatic N) is 1. The minimum absolute atomic E-state index is 0.0313. The van der Waals surface area contributed by atoms with E-state index < -0.39 is 0 Å². The highest BCUT2D eigenvalue weighted by Gasteiger charge is 2.36. The summed E-state index contributed by atoms with van der Waals surface area (Å²) in [5.74, 6) is 0.955. The van der Waals surface area contributed by atoms with Gasteiger partial charge in [-0.2, -0.15) is 0 Å². The molecule has 0 aliphatic carbocycles. The number of nitrogens with one attached hydrogen (secondary N) is 2. The van der Waals surface area contributed by atoms with Crippen molar-refractivity contribution in [3.8, 4) is 0 Å². The van der Waals surface area contributed by atoms with Crippen LogP contribution in [0.3, 0.4) is 0 Å². The Hall–Kier alpha value is -0.980. The second-order valence-corrected chi connectivity index (χ2v) is 7.62. The molecule has 5 nitrogen and oxygen atoms in total. The summed E-state index contributed by atoms with van der Waals surface area (Å²) < 4.78 is 5.70. The van der Waals surface area contributed by atoms with E-state index in [2.05, 4.69) is 29.5 Å². The Morgan fingerprint density at radius 3 is 2.91 bits per heavy atom. The number of ether oxygens (including phenoxy) is 1. The number of thiazole rings is 1. The zero-order valence-corrected chi connectivity index (χ0v) is 14.1. The zero-order valence-electron chi connectivity index (χ0n) is 13.3. The zero-order chi connectivity index (χ0) is 15.5. The minimum Gasteiger partial charge on any atom is -0.377 e. The molecule has 1 aromatic heterocycles. The normalized spacial score (nSPS) is 26.5. The van der Waals surface area contributed by atoms with Crippen LogP contribution < -0.4 is 10.6 Å². The van der Waals surface area contributed by atoms with Gasteiger partial charge < -0.3 is 15.4 Å². The Labute approximate surface area is 135 Å². The first kappa shape index (κ1) is 15.9. The maximum atomic E-state index is 12.5. The molecule has 0 radical (unpaired) electrons. The van der Waals surface area contributed by atoms with Crippen LogP contribution in [0, 0.1) is 11.8 Å². The molecule has 2 fully saturated rings. The number of hydrogen-bond donors (Lipinski definition) is 2. The fourth-order valence-electron chi connectivity index (χ4n) is 3.39. The summed E-state index contributed by atoms with van der Waals surface area (Å²) in [6.45, 7) is 7.03. The van der Waals surface area contributed by atoms with Crippen molar-refractivity contribution in [2.24, 2.45) is 11.8 Å². The van der Waals surface area contributed by atoms with Gasteiger partial charge in [0, 0.05) is 17.7 Å². The standard InChI is InChI=1S/C16H25N3O2S/c1-10(2)14-12(5-8-21-14)15(20)19-16-18-9-13(22-16)11-3-6-17-7-4-11/h9-12,14,17H,3-8H2,1-2H3,(H,18,19,20). The lowest BCUT2D eigenvalue weighted by Gasteiger charge is -2.21. The summed E-state index contributed by atoms with van der Waals surface area (Å²) in [5.41, 5.74) is 0. The third-order valence-electron chi connectivity index (χ3n) is 4.62. The number of carbonyl (C=O) groups excluding carboxylic acids is 1. The van der Waals surface area contributed by atoms with Crippen molar-refractivity contribution in [3.05, 3.63) is 11.1 Å². The molecule has 2 atom stereocenters. The van der Waals surface area contributed by atoms with Gasteiger partial charge in [0.25, 0.3) is 0 Å². The molecule has 6 heteroatoms. The van der Waals surface area contributed by atoms with E-state index in [1.54, 1.807) is 11.3 Å². The molecule has 122 valence electrons. The van der Waals surface area contributed by atoms with Crippen molar-refractivity contribution in [1.82, 2.24) is 10.3 Å². The number of rotatable bonds is 4. The van der Waals surface area contributed by atoms with E-state index >= 15 is 0 Å². The van der Waals surface area contributed by atoms with E-state index in [-0.39, 0.29) is 17.9 Å². The van der Waals surface area contributed by atoms with Gasteiger partial charge in [-0.25, -0.2) is 4.98 Å². The molecule has 1 aromatic rings. The third kappa shape index (κ3) is 3.50. The van der Waals surface area contributed by atoms with Crippen LogP contribution in [0.5, 0.6) is 0 Å². The molecule has 0 aromatic carbocycles. The molecular weight excluding hydrogens is 298 g/mol. The highest BCUT2D eigenvalue weighted by atomic mass is 32.1. The van der Waals surface area contributed by atoms with Gasteiger partial charge in [0.1, 0.15) is 0 Å². The van der Waals surface area contributed by atoms with Crippen LogP contribution in [0.15, 0.2) is 6.20 Å². The quantitative estimate of drug-likeness (QED) is 0.894. The molecule has 2 unspecified atom stereocenters. The van der Waals surface area contributed by atoms with E-state index in [1.807, 2.05) is 6.20 Å². The van der Waals surface area contributed by atoms with Crippen LogP contribution in [0.25, 0.3) is 0 Å². The molecule has 2 N–H and O–H groups in total. The Morgan fingerprint density at radius 1 is 1.41 bits per heavy atom. The van der Waals surface area contributed by atoms with E-state index in [0.29, 0.717) is 18.4 Å². The maximum Gasteiger partial charge on any atom is 0.231 e. The predicted octanol–water partition coefficient (Wildman–Crippen LogP) is 2.61. The smallest absolute Gasteiger partial charge is 0.231 e. The lowest BCUT2D eigenvalue weighted by molar-refractivity contribution is -0.122. The van der Waals surface area contributed by atoms with Gasteiger partial charge in [-0.3, -0.25) is 4.79 Å². The Morgan fingerprint density at radius 2 is 2.18 bits per heavy atom. The van der Waals surface area contributed by atoms with Gasteiger partial charge in [0.2, 0.25) is 5.91 Å². The molecule has 2 aliphatic rings. The van der Waals surface area contributed by atoms with E-state index in [4.69, 9.17) is 4.74 Å².